The number of imidazole rings is 1. The number of furan rings is 1. The molecule has 0 aliphatic carbocycles. The van der Waals surface area contributed by atoms with Crippen LogP contribution in [0.1, 0.15) is 36.2 Å². The fourth-order valence-corrected chi connectivity index (χ4v) is 10.2. The Morgan fingerprint density at radius 1 is 0.703 bits per heavy atom. The van der Waals surface area contributed by atoms with Crippen molar-refractivity contribution in [2.75, 3.05) is 0 Å². The predicted molar refractivity (Wildman–Crippen MR) is 266 cm³/mol. The van der Waals surface area contributed by atoms with Gasteiger partial charge in [-0.25, -0.2) is 4.98 Å². The number of aryl methyl sites for hydroxylation is 3. The third-order valence-corrected chi connectivity index (χ3v) is 13.9. The van der Waals surface area contributed by atoms with Crippen molar-refractivity contribution in [1.29, 1.82) is 0 Å². The number of fused-ring (bicyclic) bond motifs is 4. The van der Waals surface area contributed by atoms with Gasteiger partial charge >= 0.3 is 0 Å². The van der Waals surface area contributed by atoms with E-state index in [-0.39, 0.29) is 20.1 Å². The van der Waals surface area contributed by atoms with Crippen LogP contribution in [0.3, 0.4) is 0 Å². The van der Waals surface area contributed by atoms with Gasteiger partial charge in [-0.1, -0.05) is 154 Å². The standard InChI is InChI=1S/C39H28N3O.C18H24NSi.Ir/c1-24-21-22-31(37-35(24)32-23-25(2)26(3)40-39(32)43-37)38-41-33-19-10-11-20-34(33)42(38)36-29(27-13-6-4-7-14-27)17-12-18-30(36)28-15-8-5-9-16-28;1-14(2)11-16-12-17(15-9-7-6-8-10-15)19-13-18(16)20(3,4)5;/h4-21,23H,1-3H3;6-9,12-14H,11H2,1-5H3;/q2*-1;. The maximum atomic E-state index is 6.58. The van der Waals surface area contributed by atoms with Crippen molar-refractivity contribution in [2.24, 2.45) is 5.92 Å². The van der Waals surface area contributed by atoms with E-state index in [2.05, 4.69) is 190 Å². The van der Waals surface area contributed by atoms with Crippen LogP contribution in [0.25, 0.3) is 83.7 Å². The fraction of sp³-hybridized carbons (Fsp3) is 0.175. The van der Waals surface area contributed by atoms with E-state index in [1.54, 1.807) is 0 Å². The second-order valence-electron chi connectivity index (χ2n) is 17.9. The SMILES string of the molecule is CC(C)Cc1cc(-c2[c-]cccc2)ncc1[Si](C)(C)C.Cc1cc2c(nc1C)oc1c(-c3nc4ccccc4n3-c3c(-c4ccccc4)cccc3-c3ccccc3)[c-]cc(C)c12.[Ir]. The molecule has 0 N–H and O–H groups in total. The number of rotatable bonds is 8. The summed E-state index contributed by atoms with van der Waals surface area (Å²) in [7, 11) is -1.34. The van der Waals surface area contributed by atoms with Gasteiger partial charge in [0.1, 0.15) is 0 Å². The van der Waals surface area contributed by atoms with E-state index < -0.39 is 8.07 Å². The van der Waals surface area contributed by atoms with Crippen molar-refractivity contribution in [3.05, 3.63) is 186 Å². The first kappa shape index (κ1) is 44.4. The maximum absolute atomic E-state index is 6.58. The summed E-state index contributed by atoms with van der Waals surface area (Å²) >= 11 is 0. The second kappa shape index (κ2) is 18.5. The number of pyridine rings is 2. The molecule has 0 atom stereocenters. The minimum atomic E-state index is -1.34. The molecular formula is C57H52IrN4OSi-2. The molecule has 7 heteroatoms. The first-order valence-electron chi connectivity index (χ1n) is 21.9. The first-order chi connectivity index (χ1) is 30.5. The third-order valence-electron chi connectivity index (χ3n) is 11.8. The molecule has 4 aromatic heterocycles. The average molecular weight is 1030 g/mol. The molecule has 0 unspecified atom stereocenters. The number of benzene rings is 6. The van der Waals surface area contributed by atoms with Crippen LogP contribution in [0.4, 0.5) is 0 Å². The number of nitrogens with zero attached hydrogens (tertiary/aromatic N) is 4. The molecule has 0 saturated heterocycles. The number of hydrogen-bond acceptors (Lipinski definition) is 4. The van der Waals surface area contributed by atoms with E-state index in [1.807, 2.05) is 37.3 Å². The topological polar surface area (TPSA) is 56.7 Å². The summed E-state index contributed by atoms with van der Waals surface area (Å²) in [4.78, 5) is 14.8. The Kier molecular flexibility index (Phi) is 12.8. The van der Waals surface area contributed by atoms with Gasteiger partial charge in [0.2, 0.25) is 5.71 Å². The van der Waals surface area contributed by atoms with Crippen LogP contribution in [0.2, 0.25) is 19.6 Å². The van der Waals surface area contributed by atoms with E-state index in [4.69, 9.17) is 14.4 Å². The van der Waals surface area contributed by atoms with Crippen LogP contribution in [-0.4, -0.2) is 27.6 Å². The Morgan fingerprint density at radius 2 is 1.36 bits per heavy atom. The summed E-state index contributed by atoms with van der Waals surface area (Å²) in [5.74, 6) is 1.44. The minimum Gasteiger partial charge on any atom is -0.486 e. The van der Waals surface area contributed by atoms with Crippen LogP contribution in [0.15, 0.2) is 156 Å². The van der Waals surface area contributed by atoms with E-state index in [0.29, 0.717) is 11.6 Å². The summed E-state index contributed by atoms with van der Waals surface area (Å²) < 4.78 is 8.86. The molecule has 10 aromatic rings. The van der Waals surface area contributed by atoms with Crippen LogP contribution in [0, 0.1) is 38.8 Å². The van der Waals surface area contributed by atoms with Gasteiger partial charge in [-0.2, -0.15) is 0 Å². The molecule has 6 aromatic carbocycles. The van der Waals surface area contributed by atoms with Gasteiger partial charge in [-0.15, -0.1) is 53.6 Å². The van der Waals surface area contributed by atoms with Gasteiger partial charge in [0.05, 0.1) is 36.2 Å². The monoisotopic (exact) mass is 1030 g/mol. The molecule has 64 heavy (non-hydrogen) atoms. The van der Waals surface area contributed by atoms with E-state index in [0.717, 1.165) is 101 Å². The van der Waals surface area contributed by atoms with Crippen molar-refractivity contribution >= 4 is 46.4 Å². The quantitative estimate of drug-likeness (QED) is 0.112. The summed E-state index contributed by atoms with van der Waals surface area (Å²) in [6, 6.07) is 57.4. The van der Waals surface area contributed by atoms with Gasteiger partial charge in [0.25, 0.3) is 0 Å². The second-order valence-corrected chi connectivity index (χ2v) is 23.0. The first-order valence-corrected chi connectivity index (χ1v) is 25.4. The van der Waals surface area contributed by atoms with Crippen molar-refractivity contribution in [3.63, 3.8) is 0 Å². The zero-order valence-corrected chi connectivity index (χ0v) is 41.1. The van der Waals surface area contributed by atoms with Crippen LogP contribution < -0.4 is 5.19 Å². The molecule has 1 radical (unpaired) electrons. The number of aromatic nitrogens is 4. The summed E-state index contributed by atoms with van der Waals surface area (Å²) in [5.41, 5.74) is 16.5. The van der Waals surface area contributed by atoms with Crippen molar-refractivity contribution in [3.8, 4) is 50.6 Å². The Labute approximate surface area is 391 Å². The Morgan fingerprint density at radius 3 is 2.00 bits per heavy atom. The van der Waals surface area contributed by atoms with Gasteiger partial charge in [0, 0.05) is 48.5 Å². The molecule has 0 aliphatic rings. The van der Waals surface area contributed by atoms with Crippen LogP contribution >= 0.6 is 0 Å². The van der Waals surface area contributed by atoms with Gasteiger partial charge in [0.15, 0.2) is 0 Å². The molecule has 0 bridgehead atoms. The van der Waals surface area contributed by atoms with Gasteiger partial charge < -0.3 is 14.0 Å². The molecule has 0 spiro atoms. The molecule has 0 aliphatic heterocycles. The fourth-order valence-electron chi connectivity index (χ4n) is 8.65. The summed E-state index contributed by atoms with van der Waals surface area (Å²) in [5, 5.41) is 3.56. The molecular weight excluding hydrogens is 977 g/mol. The zero-order valence-electron chi connectivity index (χ0n) is 37.7. The molecule has 4 heterocycles. The molecule has 0 amide bonds. The number of para-hydroxylation sites is 3. The van der Waals surface area contributed by atoms with Crippen LogP contribution in [0.5, 0.6) is 0 Å². The summed E-state index contributed by atoms with van der Waals surface area (Å²) in [6.07, 6.45) is 3.24. The molecule has 10 rings (SSSR count). The van der Waals surface area contributed by atoms with E-state index >= 15 is 0 Å². The minimum absolute atomic E-state index is 0. The molecule has 0 fully saturated rings. The van der Waals surface area contributed by atoms with Crippen LogP contribution in [-0.2, 0) is 26.5 Å². The van der Waals surface area contributed by atoms with E-state index in [1.165, 1.54) is 10.8 Å². The zero-order chi connectivity index (χ0) is 43.8. The van der Waals surface area contributed by atoms with Gasteiger partial charge in [-0.3, -0.25) is 4.98 Å². The Bertz CT molecular complexity index is 3180. The molecule has 0 saturated carbocycles. The van der Waals surface area contributed by atoms with Crippen molar-refractivity contribution < 1.29 is 24.5 Å². The molecule has 321 valence electrons. The smallest absolute Gasteiger partial charge is 0.216 e. The van der Waals surface area contributed by atoms with E-state index in [9.17, 15) is 0 Å². The number of hydrogen-bond donors (Lipinski definition) is 0. The van der Waals surface area contributed by atoms with Gasteiger partial charge in [-0.05, 0) is 72.0 Å². The third kappa shape index (κ3) is 8.68. The average Bonchev–Trinajstić information content (AvgIpc) is 3.86. The Hall–Kier alpha value is -6.24. The summed E-state index contributed by atoms with van der Waals surface area (Å²) in [6.45, 7) is 18.0. The largest absolute Gasteiger partial charge is 0.486 e. The predicted octanol–water partition coefficient (Wildman–Crippen LogP) is 14.3. The van der Waals surface area contributed by atoms with Crippen molar-refractivity contribution in [1.82, 2.24) is 19.5 Å². The molecule has 5 nitrogen and oxygen atoms in total. The maximum Gasteiger partial charge on any atom is 0.216 e. The normalized spacial score (nSPS) is 11.5. The Balaban J connectivity index is 0.000000225. The van der Waals surface area contributed by atoms with Crippen molar-refractivity contribution in [2.45, 2.75) is 60.7 Å².